The Morgan fingerprint density at radius 1 is 1.47 bits per heavy atom. The highest BCUT2D eigenvalue weighted by Crippen LogP contribution is 2.25. The van der Waals surface area contributed by atoms with Crippen LogP contribution in [-0.4, -0.2) is 23.6 Å². The normalized spacial score (nSPS) is 22.4. The maximum absolute atomic E-state index is 9.53. The molecule has 1 N–H and O–H groups in total. The quantitative estimate of drug-likeness (QED) is 0.833. The summed E-state index contributed by atoms with van der Waals surface area (Å²) >= 11 is 1.82. The first-order valence-electron chi connectivity index (χ1n) is 6.28. The molecule has 0 aliphatic carbocycles. The summed E-state index contributed by atoms with van der Waals surface area (Å²) in [6.07, 6.45) is 3.70. The lowest BCUT2D eigenvalue weighted by Crippen LogP contribution is -2.21. The molecular formula is C14H20O2S. The maximum Gasteiger partial charge on any atom is 0.0762 e. The van der Waals surface area contributed by atoms with Crippen LogP contribution in [0.15, 0.2) is 29.2 Å². The van der Waals surface area contributed by atoms with Gasteiger partial charge < -0.3 is 9.84 Å². The molecule has 1 aromatic rings. The molecule has 2 rings (SSSR count). The van der Waals surface area contributed by atoms with Crippen molar-refractivity contribution in [3.8, 4) is 0 Å². The van der Waals surface area contributed by atoms with E-state index in [-0.39, 0.29) is 6.10 Å². The first-order valence-corrected chi connectivity index (χ1v) is 7.26. The summed E-state index contributed by atoms with van der Waals surface area (Å²) in [5.74, 6) is 1.02. The Balaban J connectivity index is 1.87. The van der Waals surface area contributed by atoms with Crippen molar-refractivity contribution in [2.45, 2.75) is 43.3 Å². The summed E-state index contributed by atoms with van der Waals surface area (Å²) in [5, 5.41) is 9.53. The summed E-state index contributed by atoms with van der Waals surface area (Å²) in [4.78, 5) is 1.22. The van der Waals surface area contributed by atoms with Crippen molar-refractivity contribution < 1.29 is 9.84 Å². The molecule has 0 aromatic heterocycles. The van der Waals surface area contributed by atoms with Crippen LogP contribution in [0.1, 0.15) is 37.9 Å². The number of benzene rings is 1. The van der Waals surface area contributed by atoms with Gasteiger partial charge in [0, 0.05) is 17.3 Å². The number of ether oxygens (including phenoxy) is 1. The Labute approximate surface area is 107 Å². The van der Waals surface area contributed by atoms with Gasteiger partial charge in [-0.05, 0) is 43.9 Å². The molecule has 1 heterocycles. The summed E-state index contributed by atoms with van der Waals surface area (Å²) < 4.78 is 5.71. The van der Waals surface area contributed by atoms with E-state index < -0.39 is 0 Å². The second kappa shape index (κ2) is 6.43. The van der Waals surface area contributed by atoms with Crippen LogP contribution in [0, 0.1) is 0 Å². The van der Waals surface area contributed by atoms with E-state index in [0.717, 1.165) is 17.9 Å². The second-order valence-electron chi connectivity index (χ2n) is 4.55. The minimum absolute atomic E-state index is 0.388. The van der Waals surface area contributed by atoms with Crippen molar-refractivity contribution in [3.63, 3.8) is 0 Å². The molecule has 0 radical (unpaired) electrons. The van der Waals surface area contributed by atoms with E-state index in [1.807, 2.05) is 23.9 Å². The van der Waals surface area contributed by atoms with Gasteiger partial charge >= 0.3 is 0 Å². The lowest BCUT2D eigenvalue weighted by molar-refractivity contribution is 0.0315. The van der Waals surface area contributed by atoms with E-state index in [1.54, 1.807) is 6.92 Å². The van der Waals surface area contributed by atoms with Crippen LogP contribution >= 0.6 is 11.8 Å². The molecule has 2 nitrogen and oxygen atoms in total. The maximum atomic E-state index is 9.53. The van der Waals surface area contributed by atoms with Gasteiger partial charge in [-0.25, -0.2) is 0 Å². The first-order chi connectivity index (χ1) is 8.25. The number of aliphatic hydroxyl groups excluding tert-OH is 1. The SMILES string of the molecule is CC(O)c1cccc(SCC2CCCCO2)c1. The number of hydrogen-bond acceptors (Lipinski definition) is 3. The first kappa shape index (κ1) is 12.9. The third-order valence-electron chi connectivity index (χ3n) is 3.05. The standard InChI is InChI=1S/C14H20O2S/c1-11(15)12-5-4-7-14(9-12)17-10-13-6-2-3-8-16-13/h4-5,7,9,11,13,15H,2-3,6,8,10H2,1H3. The van der Waals surface area contributed by atoms with E-state index in [2.05, 4.69) is 12.1 Å². The van der Waals surface area contributed by atoms with Crippen LogP contribution < -0.4 is 0 Å². The van der Waals surface area contributed by atoms with Crippen molar-refractivity contribution in [1.82, 2.24) is 0 Å². The van der Waals surface area contributed by atoms with Crippen molar-refractivity contribution in [2.75, 3.05) is 12.4 Å². The smallest absolute Gasteiger partial charge is 0.0762 e. The Morgan fingerprint density at radius 2 is 2.35 bits per heavy atom. The van der Waals surface area contributed by atoms with E-state index >= 15 is 0 Å². The van der Waals surface area contributed by atoms with Crippen LogP contribution in [0.25, 0.3) is 0 Å². The van der Waals surface area contributed by atoms with Crippen LogP contribution in [0.5, 0.6) is 0 Å². The predicted octanol–water partition coefficient (Wildman–Crippen LogP) is 3.40. The van der Waals surface area contributed by atoms with Crippen LogP contribution in [-0.2, 0) is 4.74 Å². The molecule has 94 valence electrons. The van der Waals surface area contributed by atoms with Crippen molar-refractivity contribution >= 4 is 11.8 Å². The number of hydrogen-bond donors (Lipinski definition) is 1. The molecule has 0 saturated carbocycles. The Kier molecular flexibility index (Phi) is 4.89. The molecule has 17 heavy (non-hydrogen) atoms. The summed E-state index contributed by atoms with van der Waals surface area (Å²) in [6.45, 7) is 2.72. The second-order valence-corrected chi connectivity index (χ2v) is 5.64. The molecule has 0 amide bonds. The monoisotopic (exact) mass is 252 g/mol. The van der Waals surface area contributed by atoms with Crippen molar-refractivity contribution in [2.24, 2.45) is 0 Å². The fraction of sp³-hybridized carbons (Fsp3) is 0.571. The van der Waals surface area contributed by atoms with E-state index in [0.29, 0.717) is 6.10 Å². The Morgan fingerprint density at radius 3 is 3.06 bits per heavy atom. The van der Waals surface area contributed by atoms with E-state index in [4.69, 9.17) is 4.74 Å². The molecule has 0 bridgehead atoms. The average Bonchev–Trinajstić information content (AvgIpc) is 2.38. The lowest BCUT2D eigenvalue weighted by atomic mass is 10.1. The van der Waals surface area contributed by atoms with Gasteiger partial charge in [-0.1, -0.05) is 12.1 Å². The molecule has 2 unspecified atom stereocenters. The summed E-state index contributed by atoms with van der Waals surface area (Å²) in [6, 6.07) is 8.13. The van der Waals surface area contributed by atoms with Gasteiger partial charge in [0.25, 0.3) is 0 Å². The topological polar surface area (TPSA) is 29.5 Å². The van der Waals surface area contributed by atoms with Crippen molar-refractivity contribution in [1.29, 1.82) is 0 Å². The third-order valence-corrected chi connectivity index (χ3v) is 4.18. The highest BCUT2D eigenvalue weighted by Gasteiger charge is 2.14. The summed E-state index contributed by atoms with van der Waals surface area (Å²) in [7, 11) is 0. The molecule has 1 aliphatic heterocycles. The van der Waals surface area contributed by atoms with Gasteiger partial charge in [0.05, 0.1) is 12.2 Å². The minimum atomic E-state index is -0.388. The van der Waals surface area contributed by atoms with Crippen LogP contribution in [0.3, 0.4) is 0 Å². The average molecular weight is 252 g/mol. The molecule has 1 fully saturated rings. The summed E-state index contributed by atoms with van der Waals surface area (Å²) in [5.41, 5.74) is 0.986. The zero-order valence-corrected chi connectivity index (χ0v) is 11.1. The molecule has 0 spiro atoms. The fourth-order valence-electron chi connectivity index (χ4n) is 1.99. The zero-order chi connectivity index (χ0) is 12.1. The molecule has 1 saturated heterocycles. The molecule has 1 aromatic carbocycles. The fourth-order valence-corrected chi connectivity index (χ4v) is 3.03. The Bertz CT molecular complexity index is 346. The largest absolute Gasteiger partial charge is 0.389 e. The number of thioether (sulfide) groups is 1. The van der Waals surface area contributed by atoms with Gasteiger partial charge in [0.2, 0.25) is 0 Å². The van der Waals surface area contributed by atoms with E-state index in [9.17, 15) is 5.11 Å². The van der Waals surface area contributed by atoms with Crippen LogP contribution in [0.2, 0.25) is 0 Å². The lowest BCUT2D eigenvalue weighted by Gasteiger charge is -2.22. The molecular weight excluding hydrogens is 232 g/mol. The highest BCUT2D eigenvalue weighted by molar-refractivity contribution is 7.99. The van der Waals surface area contributed by atoms with Gasteiger partial charge in [-0.2, -0.15) is 0 Å². The van der Waals surface area contributed by atoms with Crippen molar-refractivity contribution in [3.05, 3.63) is 29.8 Å². The molecule has 3 heteroatoms. The number of rotatable bonds is 4. The Hall–Kier alpha value is -0.510. The minimum Gasteiger partial charge on any atom is -0.389 e. The van der Waals surface area contributed by atoms with Gasteiger partial charge in [0.1, 0.15) is 0 Å². The van der Waals surface area contributed by atoms with Gasteiger partial charge in [-0.3, -0.25) is 0 Å². The van der Waals surface area contributed by atoms with Gasteiger partial charge in [0.15, 0.2) is 0 Å². The molecule has 2 atom stereocenters. The zero-order valence-electron chi connectivity index (χ0n) is 10.3. The number of aliphatic hydroxyl groups is 1. The van der Waals surface area contributed by atoms with Gasteiger partial charge in [-0.15, -0.1) is 11.8 Å². The van der Waals surface area contributed by atoms with Crippen LogP contribution in [0.4, 0.5) is 0 Å². The molecule has 1 aliphatic rings. The predicted molar refractivity (Wildman–Crippen MR) is 71.4 cm³/mol. The van der Waals surface area contributed by atoms with E-state index in [1.165, 1.54) is 24.2 Å². The third kappa shape index (κ3) is 4.02. The highest BCUT2D eigenvalue weighted by atomic mass is 32.2.